The highest BCUT2D eigenvalue weighted by Crippen LogP contribution is 2.49. The molecule has 0 fully saturated rings. The van der Waals surface area contributed by atoms with Crippen LogP contribution in [0.25, 0.3) is 0 Å². The smallest absolute Gasteiger partial charge is 0.174 e. The number of benzene rings is 2. The molecule has 0 saturated carbocycles. The number of phenols is 3. The van der Waals surface area contributed by atoms with Gasteiger partial charge in [-0.25, -0.2) is 0 Å². The fourth-order valence-electron chi connectivity index (χ4n) is 3.69. The lowest BCUT2D eigenvalue weighted by molar-refractivity contribution is -0.0766. The van der Waals surface area contributed by atoms with Crippen LogP contribution in [-0.4, -0.2) is 43.0 Å². The first-order chi connectivity index (χ1) is 13.1. The quantitative estimate of drug-likeness (QED) is 0.527. The van der Waals surface area contributed by atoms with Crippen LogP contribution in [0.15, 0.2) is 24.3 Å². The van der Waals surface area contributed by atoms with Gasteiger partial charge in [-0.15, -0.1) is 0 Å². The maximum atomic E-state index is 12.5. The van der Waals surface area contributed by atoms with Gasteiger partial charge in [0.25, 0.3) is 0 Å². The number of carbonyl (C=O) groups is 1. The molecule has 2 aromatic rings. The molecule has 4 rings (SSSR count). The minimum absolute atomic E-state index is 0.00936. The van der Waals surface area contributed by atoms with Gasteiger partial charge in [0.15, 0.2) is 23.4 Å². The van der Waals surface area contributed by atoms with Crippen molar-refractivity contribution in [3.8, 4) is 28.7 Å². The molecule has 2 aromatic carbocycles. The predicted molar refractivity (Wildman–Crippen MR) is 95.9 cm³/mol. The Morgan fingerprint density at radius 1 is 1.04 bits per heavy atom. The van der Waals surface area contributed by atoms with Gasteiger partial charge < -0.3 is 35.0 Å². The van der Waals surface area contributed by atoms with E-state index >= 15 is 0 Å². The summed E-state index contributed by atoms with van der Waals surface area (Å²) < 4.78 is 11.3. The molecule has 0 spiro atoms. The van der Waals surface area contributed by atoms with E-state index in [4.69, 9.17) is 9.47 Å². The van der Waals surface area contributed by atoms with E-state index in [1.165, 1.54) is 26.0 Å². The van der Waals surface area contributed by atoms with Crippen LogP contribution >= 0.6 is 0 Å². The number of ketones is 1. The van der Waals surface area contributed by atoms with Gasteiger partial charge in [-0.1, -0.05) is 0 Å². The fraction of sp³-hybridized carbons (Fsp3) is 0.350. The fourth-order valence-corrected chi connectivity index (χ4v) is 3.69. The minimum atomic E-state index is -1.35. The van der Waals surface area contributed by atoms with E-state index < -0.39 is 23.9 Å². The Hall–Kier alpha value is -2.97. The summed E-state index contributed by atoms with van der Waals surface area (Å²) in [4.78, 5) is 12.5. The highest BCUT2D eigenvalue weighted by molar-refractivity contribution is 6.02. The molecule has 148 valence electrons. The molecule has 8 nitrogen and oxygen atoms in total. The van der Waals surface area contributed by atoms with Gasteiger partial charge in [0.2, 0.25) is 0 Å². The number of hydrogen-bond acceptors (Lipinski definition) is 8. The minimum Gasteiger partial charge on any atom is -0.508 e. The molecule has 5 N–H and O–H groups in total. The average Bonchev–Trinajstić information content (AvgIpc) is 2.91. The molecule has 2 aliphatic heterocycles. The Morgan fingerprint density at radius 2 is 1.75 bits per heavy atom. The standard InChI is InChI=1S/C20H20O8/c1-20(2,26)19-17(25)10-3-8(4-13(24)18(10)28-19)14-7-12(23)16-11(22)5-9(21)6-15(16)27-14/h3-6,14,17,19,21-22,24-26H,7H2,1-2H3. The van der Waals surface area contributed by atoms with Gasteiger partial charge in [0, 0.05) is 17.7 Å². The molecule has 0 amide bonds. The number of Topliss-reactive ketones (excluding diaryl/α,β-unsaturated/α-hetero) is 1. The van der Waals surface area contributed by atoms with Crippen LogP contribution in [0, 0.1) is 0 Å². The lowest BCUT2D eigenvalue weighted by Crippen LogP contribution is -2.41. The van der Waals surface area contributed by atoms with Crippen molar-refractivity contribution in [1.82, 2.24) is 0 Å². The van der Waals surface area contributed by atoms with Crippen molar-refractivity contribution in [3.05, 3.63) is 41.0 Å². The topological polar surface area (TPSA) is 137 Å². The van der Waals surface area contributed by atoms with Crippen molar-refractivity contribution >= 4 is 5.78 Å². The van der Waals surface area contributed by atoms with Gasteiger partial charge >= 0.3 is 0 Å². The third kappa shape index (κ3) is 2.81. The van der Waals surface area contributed by atoms with Crippen molar-refractivity contribution in [1.29, 1.82) is 0 Å². The summed E-state index contributed by atoms with van der Waals surface area (Å²) in [5.41, 5.74) is -0.666. The predicted octanol–water partition coefficient (Wildman–Crippen LogP) is 2.08. The third-order valence-electron chi connectivity index (χ3n) is 5.02. The number of aliphatic hydroxyl groups is 2. The Morgan fingerprint density at radius 3 is 2.43 bits per heavy atom. The second kappa shape index (κ2) is 6.02. The van der Waals surface area contributed by atoms with Crippen LogP contribution in [0.2, 0.25) is 0 Å². The van der Waals surface area contributed by atoms with E-state index in [2.05, 4.69) is 0 Å². The Bertz CT molecular complexity index is 975. The summed E-state index contributed by atoms with van der Waals surface area (Å²) in [7, 11) is 0. The molecular formula is C20H20O8. The molecule has 0 radical (unpaired) electrons. The van der Waals surface area contributed by atoms with Crippen molar-refractivity contribution < 1.29 is 39.8 Å². The molecular weight excluding hydrogens is 368 g/mol. The maximum absolute atomic E-state index is 12.5. The number of hydrogen-bond donors (Lipinski definition) is 5. The van der Waals surface area contributed by atoms with Crippen molar-refractivity contribution in [3.63, 3.8) is 0 Å². The molecule has 0 bridgehead atoms. The molecule has 0 aromatic heterocycles. The average molecular weight is 388 g/mol. The second-order valence-corrected chi connectivity index (χ2v) is 7.67. The first-order valence-electron chi connectivity index (χ1n) is 8.76. The van der Waals surface area contributed by atoms with E-state index in [-0.39, 0.29) is 52.1 Å². The Balaban J connectivity index is 1.72. The van der Waals surface area contributed by atoms with Crippen molar-refractivity contribution in [2.24, 2.45) is 0 Å². The Kier molecular flexibility index (Phi) is 3.95. The van der Waals surface area contributed by atoms with E-state index in [0.29, 0.717) is 5.56 Å². The maximum Gasteiger partial charge on any atom is 0.174 e. The zero-order valence-corrected chi connectivity index (χ0v) is 15.2. The highest BCUT2D eigenvalue weighted by atomic mass is 16.5. The number of rotatable bonds is 2. The zero-order valence-electron chi connectivity index (χ0n) is 15.2. The van der Waals surface area contributed by atoms with Gasteiger partial charge in [-0.3, -0.25) is 4.79 Å². The normalized spacial score (nSPS) is 23.6. The first-order valence-corrected chi connectivity index (χ1v) is 8.76. The molecule has 28 heavy (non-hydrogen) atoms. The summed E-state index contributed by atoms with van der Waals surface area (Å²) in [6.07, 6.45) is -3.05. The van der Waals surface area contributed by atoms with Gasteiger partial charge in [-0.2, -0.15) is 0 Å². The summed E-state index contributed by atoms with van der Waals surface area (Å²) in [6, 6.07) is 5.21. The molecule has 2 heterocycles. The van der Waals surface area contributed by atoms with Crippen molar-refractivity contribution in [2.45, 2.75) is 44.2 Å². The van der Waals surface area contributed by atoms with Crippen LogP contribution in [-0.2, 0) is 0 Å². The lowest BCUT2D eigenvalue weighted by Gasteiger charge is -2.27. The van der Waals surface area contributed by atoms with E-state index in [1.807, 2.05) is 0 Å². The summed E-state index contributed by atoms with van der Waals surface area (Å²) >= 11 is 0. The first kappa shape index (κ1) is 18.4. The summed E-state index contributed by atoms with van der Waals surface area (Å²) in [5.74, 6) is -1.15. The van der Waals surface area contributed by atoms with E-state index in [0.717, 1.165) is 6.07 Å². The van der Waals surface area contributed by atoms with Crippen LogP contribution in [0.4, 0.5) is 0 Å². The molecule has 8 heteroatoms. The SMILES string of the molecule is CC(C)(O)C1Oc2c(O)cc(C3CC(=O)c4c(O)cc(O)cc4O3)cc2C1O. The summed E-state index contributed by atoms with van der Waals surface area (Å²) in [6.45, 7) is 2.98. The van der Waals surface area contributed by atoms with E-state index in [9.17, 15) is 30.3 Å². The number of aliphatic hydroxyl groups excluding tert-OH is 1. The molecule has 0 aliphatic carbocycles. The highest BCUT2D eigenvalue weighted by Gasteiger charge is 2.44. The Labute approximate surface area is 160 Å². The van der Waals surface area contributed by atoms with Crippen LogP contribution < -0.4 is 9.47 Å². The zero-order chi connectivity index (χ0) is 20.4. The molecule has 3 unspecified atom stereocenters. The number of aromatic hydroxyl groups is 3. The van der Waals surface area contributed by atoms with Gasteiger partial charge in [0.1, 0.15) is 35.0 Å². The number of carbonyl (C=O) groups excluding carboxylic acids is 1. The molecule has 2 aliphatic rings. The van der Waals surface area contributed by atoms with Crippen LogP contribution in [0.5, 0.6) is 28.7 Å². The third-order valence-corrected chi connectivity index (χ3v) is 5.02. The van der Waals surface area contributed by atoms with Gasteiger partial charge in [-0.05, 0) is 31.5 Å². The molecule has 0 saturated heterocycles. The van der Waals surface area contributed by atoms with E-state index in [1.54, 1.807) is 6.07 Å². The van der Waals surface area contributed by atoms with Gasteiger partial charge in [0.05, 0.1) is 12.0 Å². The monoisotopic (exact) mass is 388 g/mol. The number of fused-ring (bicyclic) bond motifs is 2. The van der Waals surface area contributed by atoms with Crippen LogP contribution in [0.3, 0.4) is 0 Å². The largest absolute Gasteiger partial charge is 0.508 e. The summed E-state index contributed by atoms with van der Waals surface area (Å²) in [5, 5.41) is 50.6. The number of ether oxygens (including phenoxy) is 2. The lowest BCUT2D eigenvalue weighted by atomic mass is 9.91. The van der Waals surface area contributed by atoms with Crippen LogP contribution in [0.1, 0.15) is 54.0 Å². The number of phenolic OH excluding ortho intramolecular Hbond substituents is 3. The second-order valence-electron chi connectivity index (χ2n) is 7.67. The van der Waals surface area contributed by atoms with Crippen molar-refractivity contribution in [2.75, 3.05) is 0 Å². The molecule has 3 atom stereocenters.